The molecule has 0 unspecified atom stereocenters. The van der Waals surface area contributed by atoms with E-state index >= 15 is 0 Å². The van der Waals surface area contributed by atoms with Gasteiger partial charge in [-0.1, -0.05) is 31.9 Å². The molecule has 0 saturated carbocycles. The van der Waals surface area contributed by atoms with Gasteiger partial charge >= 0.3 is 0 Å². The van der Waals surface area contributed by atoms with Crippen LogP contribution in [-0.2, 0) is 14.8 Å². The molecule has 0 atom stereocenters. The fraction of sp³-hybridized carbons (Fsp3) is 0.611. The van der Waals surface area contributed by atoms with Crippen molar-refractivity contribution >= 4 is 27.5 Å². The van der Waals surface area contributed by atoms with Crippen molar-refractivity contribution in [2.45, 2.75) is 31.6 Å². The summed E-state index contributed by atoms with van der Waals surface area (Å²) < 4.78 is 26.8. The van der Waals surface area contributed by atoms with Crippen molar-refractivity contribution < 1.29 is 13.2 Å². The van der Waals surface area contributed by atoms with Crippen molar-refractivity contribution in [1.82, 2.24) is 14.1 Å². The minimum atomic E-state index is -3.54. The maximum atomic E-state index is 12.7. The van der Waals surface area contributed by atoms with Gasteiger partial charge in [-0.25, -0.2) is 8.42 Å². The van der Waals surface area contributed by atoms with Gasteiger partial charge in [-0.15, -0.1) is 0 Å². The number of benzene rings is 1. The van der Waals surface area contributed by atoms with Crippen molar-refractivity contribution in [2.24, 2.45) is 0 Å². The Hall–Kier alpha value is -1.15. The second-order valence-corrected chi connectivity index (χ2v) is 8.84. The summed E-state index contributed by atoms with van der Waals surface area (Å²) in [7, 11) is -3.54. The van der Waals surface area contributed by atoms with E-state index in [-0.39, 0.29) is 10.8 Å². The average Bonchev–Trinajstić information content (AvgIpc) is 2.65. The summed E-state index contributed by atoms with van der Waals surface area (Å²) in [5, 5.41) is 0.503. The van der Waals surface area contributed by atoms with Gasteiger partial charge in [-0.05, 0) is 43.8 Å². The molecule has 6 nitrogen and oxygen atoms in total. The van der Waals surface area contributed by atoms with E-state index in [1.165, 1.54) is 16.4 Å². The fourth-order valence-electron chi connectivity index (χ4n) is 2.96. The Morgan fingerprint density at radius 1 is 1.12 bits per heavy atom. The van der Waals surface area contributed by atoms with Gasteiger partial charge < -0.3 is 4.90 Å². The zero-order valence-corrected chi connectivity index (χ0v) is 17.1. The summed E-state index contributed by atoms with van der Waals surface area (Å²) in [6, 6.07) is 6.18. The summed E-state index contributed by atoms with van der Waals surface area (Å²) in [5.74, 6) is 0.0755. The first-order chi connectivity index (χ1) is 12.4. The van der Waals surface area contributed by atoms with Crippen LogP contribution in [0.25, 0.3) is 0 Å². The highest BCUT2D eigenvalue weighted by molar-refractivity contribution is 7.89. The maximum absolute atomic E-state index is 12.7. The zero-order chi connectivity index (χ0) is 19.2. The first-order valence-electron chi connectivity index (χ1n) is 9.14. The third kappa shape index (κ3) is 5.42. The molecular weight excluding hydrogens is 374 g/mol. The van der Waals surface area contributed by atoms with Gasteiger partial charge in [0.15, 0.2) is 0 Å². The number of sulfonamides is 1. The molecule has 1 saturated heterocycles. The average molecular weight is 402 g/mol. The van der Waals surface area contributed by atoms with E-state index in [4.69, 9.17) is 11.6 Å². The number of hydrogen-bond acceptors (Lipinski definition) is 4. The molecule has 146 valence electrons. The maximum Gasteiger partial charge on any atom is 0.243 e. The minimum Gasteiger partial charge on any atom is -0.339 e. The van der Waals surface area contributed by atoms with Crippen LogP contribution in [0.15, 0.2) is 29.2 Å². The summed E-state index contributed by atoms with van der Waals surface area (Å²) in [6.07, 6.45) is 2.18. The number of amides is 1. The van der Waals surface area contributed by atoms with Crippen LogP contribution in [0.3, 0.4) is 0 Å². The molecule has 26 heavy (non-hydrogen) atoms. The molecule has 0 N–H and O–H groups in total. The lowest BCUT2D eigenvalue weighted by Gasteiger charge is -2.35. The topological polar surface area (TPSA) is 60.9 Å². The van der Waals surface area contributed by atoms with Crippen LogP contribution in [0.2, 0.25) is 5.02 Å². The second kappa shape index (κ2) is 9.69. The normalized spacial score (nSPS) is 16.2. The van der Waals surface area contributed by atoms with Crippen LogP contribution in [0.4, 0.5) is 0 Å². The number of halogens is 1. The van der Waals surface area contributed by atoms with Crippen LogP contribution in [0.5, 0.6) is 0 Å². The van der Waals surface area contributed by atoms with Crippen LogP contribution in [0, 0.1) is 0 Å². The third-order valence-corrected chi connectivity index (χ3v) is 6.84. The van der Waals surface area contributed by atoms with E-state index in [9.17, 15) is 13.2 Å². The Morgan fingerprint density at radius 2 is 1.73 bits per heavy atom. The highest BCUT2D eigenvalue weighted by atomic mass is 35.5. The molecular formula is C18H28ClN3O3S. The molecule has 1 aromatic rings. The summed E-state index contributed by atoms with van der Waals surface area (Å²) in [5.41, 5.74) is 0. The first-order valence-corrected chi connectivity index (χ1v) is 11.0. The number of nitrogens with zero attached hydrogens (tertiary/aromatic N) is 3. The number of likely N-dealkylation sites (N-methyl/N-ethyl adjacent to an activating group) is 1. The molecule has 8 heteroatoms. The van der Waals surface area contributed by atoms with Crippen molar-refractivity contribution in [3.05, 3.63) is 29.3 Å². The predicted molar refractivity (Wildman–Crippen MR) is 104 cm³/mol. The van der Waals surface area contributed by atoms with Gasteiger partial charge in [-0.3, -0.25) is 9.69 Å². The summed E-state index contributed by atoms with van der Waals surface area (Å²) in [6.45, 7) is 7.85. The van der Waals surface area contributed by atoms with Gasteiger partial charge in [-0.2, -0.15) is 4.31 Å². The highest BCUT2D eigenvalue weighted by Gasteiger charge is 2.30. The molecule has 1 heterocycles. The monoisotopic (exact) mass is 401 g/mol. The van der Waals surface area contributed by atoms with Gasteiger partial charge in [0.05, 0.1) is 11.4 Å². The molecule has 1 aliphatic rings. The third-order valence-electron chi connectivity index (χ3n) is 4.68. The smallest absolute Gasteiger partial charge is 0.243 e. The Kier molecular flexibility index (Phi) is 7.88. The Bertz CT molecular complexity index is 686. The van der Waals surface area contributed by atoms with E-state index in [1.807, 2.05) is 0 Å². The van der Waals surface area contributed by atoms with Crippen molar-refractivity contribution in [2.75, 3.05) is 45.8 Å². The molecule has 0 spiro atoms. The van der Waals surface area contributed by atoms with E-state index < -0.39 is 10.0 Å². The van der Waals surface area contributed by atoms with Crippen LogP contribution >= 0.6 is 11.6 Å². The number of carbonyl (C=O) groups is 1. The molecule has 0 radical (unpaired) electrons. The van der Waals surface area contributed by atoms with E-state index in [0.717, 1.165) is 25.9 Å². The van der Waals surface area contributed by atoms with Crippen LogP contribution < -0.4 is 0 Å². The quantitative estimate of drug-likeness (QED) is 0.670. The Labute approximate surface area is 161 Å². The molecule has 0 aromatic heterocycles. The van der Waals surface area contributed by atoms with E-state index in [0.29, 0.717) is 37.7 Å². The largest absolute Gasteiger partial charge is 0.339 e. The molecule has 0 aliphatic carbocycles. The van der Waals surface area contributed by atoms with Crippen LogP contribution in [-0.4, -0.2) is 74.2 Å². The lowest BCUT2D eigenvalue weighted by atomic mass is 10.3. The van der Waals surface area contributed by atoms with Gasteiger partial charge in [0.1, 0.15) is 0 Å². The molecule has 0 bridgehead atoms. The number of carbonyl (C=O) groups excluding carboxylic acids is 1. The van der Waals surface area contributed by atoms with Crippen molar-refractivity contribution in [3.63, 3.8) is 0 Å². The van der Waals surface area contributed by atoms with Crippen LogP contribution in [0.1, 0.15) is 26.7 Å². The first kappa shape index (κ1) is 21.2. The Balaban J connectivity index is 1.91. The highest BCUT2D eigenvalue weighted by Crippen LogP contribution is 2.20. The van der Waals surface area contributed by atoms with Gasteiger partial charge in [0.2, 0.25) is 15.9 Å². The number of piperazine rings is 1. The SMILES string of the molecule is CCCCN(CC)CC(=O)N1CCN(S(=O)(=O)c2ccc(Cl)cc2)CC1. The lowest BCUT2D eigenvalue weighted by Crippen LogP contribution is -2.52. The minimum absolute atomic E-state index is 0.0755. The Morgan fingerprint density at radius 3 is 2.27 bits per heavy atom. The molecule has 1 amide bonds. The van der Waals surface area contributed by atoms with Gasteiger partial charge in [0.25, 0.3) is 0 Å². The molecule has 1 aromatic carbocycles. The summed E-state index contributed by atoms with van der Waals surface area (Å²) in [4.78, 5) is 16.6. The fourth-order valence-corrected chi connectivity index (χ4v) is 4.50. The number of hydrogen-bond donors (Lipinski definition) is 0. The van der Waals surface area contributed by atoms with E-state index in [1.54, 1.807) is 17.0 Å². The molecule has 1 aliphatic heterocycles. The van der Waals surface area contributed by atoms with Crippen molar-refractivity contribution in [3.8, 4) is 0 Å². The number of rotatable bonds is 8. The number of unbranched alkanes of at least 4 members (excludes halogenated alkanes) is 1. The second-order valence-electron chi connectivity index (χ2n) is 6.46. The lowest BCUT2D eigenvalue weighted by molar-refractivity contribution is -0.133. The molecule has 2 rings (SSSR count). The standard InChI is InChI=1S/C18H28ClN3O3S/c1-3-5-10-20(4-2)15-18(23)21-11-13-22(14-12-21)26(24,25)17-8-6-16(19)7-9-17/h6-9H,3-5,10-15H2,1-2H3. The predicted octanol–water partition coefficient (Wildman–Crippen LogP) is 2.29. The van der Waals surface area contributed by atoms with Gasteiger partial charge in [0, 0.05) is 31.2 Å². The van der Waals surface area contributed by atoms with Crippen molar-refractivity contribution in [1.29, 1.82) is 0 Å². The molecule has 1 fully saturated rings. The zero-order valence-electron chi connectivity index (χ0n) is 15.5. The van der Waals surface area contributed by atoms with E-state index in [2.05, 4.69) is 18.7 Å². The summed E-state index contributed by atoms with van der Waals surface area (Å²) >= 11 is 5.83.